The predicted molar refractivity (Wildman–Crippen MR) is 110 cm³/mol. The molecular weight excluding hydrogens is 396 g/mol. The highest BCUT2D eigenvalue weighted by molar-refractivity contribution is 9.10. The number of nitrogens with one attached hydrogen (secondary N) is 1. The van der Waals surface area contributed by atoms with Gasteiger partial charge in [0.05, 0.1) is 5.75 Å². The molecule has 0 spiro atoms. The van der Waals surface area contributed by atoms with Crippen LogP contribution in [0.5, 0.6) is 0 Å². The molecule has 0 atom stereocenters. The molecule has 1 N–H and O–H groups in total. The Morgan fingerprint density at radius 3 is 2.48 bits per heavy atom. The van der Waals surface area contributed by atoms with Gasteiger partial charge in [-0.15, -0.1) is 11.8 Å². The van der Waals surface area contributed by atoms with Crippen molar-refractivity contribution in [2.75, 3.05) is 19.8 Å². The first-order valence-electron chi connectivity index (χ1n) is 8.24. The lowest BCUT2D eigenvalue weighted by Gasteiger charge is -2.15. The van der Waals surface area contributed by atoms with E-state index in [1.54, 1.807) is 11.8 Å². The summed E-state index contributed by atoms with van der Waals surface area (Å²) < 4.78 is 1.11. The van der Waals surface area contributed by atoms with Crippen LogP contribution < -0.4 is 5.32 Å². The van der Waals surface area contributed by atoms with Gasteiger partial charge in [0.2, 0.25) is 5.91 Å². The molecule has 134 valence electrons. The SMILES string of the molecule is Cc1cc(SCC(=O)NCc2ccccc2CN(C)C)c(C)cc1Br. The summed E-state index contributed by atoms with van der Waals surface area (Å²) in [5.41, 5.74) is 4.79. The first-order chi connectivity index (χ1) is 11.9. The van der Waals surface area contributed by atoms with Crippen LogP contribution in [-0.4, -0.2) is 30.7 Å². The summed E-state index contributed by atoms with van der Waals surface area (Å²) in [5, 5.41) is 3.04. The Hall–Kier alpha value is -1.30. The van der Waals surface area contributed by atoms with Crippen molar-refractivity contribution in [2.24, 2.45) is 0 Å². The summed E-state index contributed by atoms with van der Waals surface area (Å²) >= 11 is 5.13. The van der Waals surface area contributed by atoms with E-state index in [0.717, 1.165) is 15.9 Å². The van der Waals surface area contributed by atoms with Crippen molar-refractivity contribution in [2.45, 2.75) is 31.8 Å². The van der Waals surface area contributed by atoms with E-state index >= 15 is 0 Å². The summed E-state index contributed by atoms with van der Waals surface area (Å²) in [6.45, 7) is 5.58. The van der Waals surface area contributed by atoms with E-state index in [9.17, 15) is 4.79 Å². The van der Waals surface area contributed by atoms with Gasteiger partial charge in [0.15, 0.2) is 0 Å². The number of carbonyl (C=O) groups is 1. The lowest BCUT2D eigenvalue weighted by Crippen LogP contribution is -2.25. The second-order valence-electron chi connectivity index (χ2n) is 6.44. The summed E-state index contributed by atoms with van der Waals surface area (Å²) in [4.78, 5) is 15.5. The molecule has 0 fully saturated rings. The number of amides is 1. The first-order valence-corrected chi connectivity index (χ1v) is 10.0. The van der Waals surface area contributed by atoms with E-state index < -0.39 is 0 Å². The van der Waals surface area contributed by atoms with Crippen LogP contribution in [0.25, 0.3) is 0 Å². The van der Waals surface area contributed by atoms with E-state index in [1.165, 1.54) is 22.3 Å². The van der Waals surface area contributed by atoms with Crippen LogP contribution in [-0.2, 0) is 17.9 Å². The minimum atomic E-state index is 0.0598. The van der Waals surface area contributed by atoms with Gasteiger partial charge in [-0.2, -0.15) is 0 Å². The second kappa shape index (κ2) is 9.41. The molecule has 0 heterocycles. The molecular formula is C20H25BrN2OS. The lowest BCUT2D eigenvalue weighted by atomic mass is 10.1. The highest BCUT2D eigenvalue weighted by atomic mass is 79.9. The second-order valence-corrected chi connectivity index (χ2v) is 8.31. The third-order valence-corrected chi connectivity index (χ3v) is 5.91. The Kier molecular flexibility index (Phi) is 7.54. The van der Waals surface area contributed by atoms with E-state index in [0.29, 0.717) is 12.3 Å². The lowest BCUT2D eigenvalue weighted by molar-refractivity contribution is -0.118. The molecule has 0 saturated heterocycles. The van der Waals surface area contributed by atoms with E-state index in [-0.39, 0.29) is 5.91 Å². The van der Waals surface area contributed by atoms with Gasteiger partial charge in [0.1, 0.15) is 0 Å². The van der Waals surface area contributed by atoms with E-state index in [4.69, 9.17) is 0 Å². The number of hydrogen-bond acceptors (Lipinski definition) is 3. The fourth-order valence-electron chi connectivity index (χ4n) is 2.52. The van der Waals surface area contributed by atoms with Crippen molar-refractivity contribution in [3.05, 3.63) is 63.1 Å². The number of benzene rings is 2. The molecule has 3 nitrogen and oxygen atoms in total. The van der Waals surface area contributed by atoms with Crippen molar-refractivity contribution >= 4 is 33.6 Å². The third kappa shape index (κ3) is 6.17. The molecule has 2 rings (SSSR count). The molecule has 1 amide bonds. The number of halogens is 1. The summed E-state index contributed by atoms with van der Waals surface area (Å²) in [7, 11) is 4.10. The van der Waals surface area contributed by atoms with Crippen LogP contribution in [0.1, 0.15) is 22.3 Å². The minimum absolute atomic E-state index is 0.0598. The van der Waals surface area contributed by atoms with Crippen LogP contribution >= 0.6 is 27.7 Å². The van der Waals surface area contributed by atoms with Gasteiger partial charge in [-0.25, -0.2) is 0 Å². The monoisotopic (exact) mass is 420 g/mol. The number of rotatable bonds is 7. The molecule has 0 aromatic heterocycles. The smallest absolute Gasteiger partial charge is 0.230 e. The number of nitrogens with zero attached hydrogens (tertiary/aromatic N) is 1. The van der Waals surface area contributed by atoms with Gasteiger partial charge >= 0.3 is 0 Å². The molecule has 0 unspecified atom stereocenters. The van der Waals surface area contributed by atoms with Crippen LogP contribution in [0.4, 0.5) is 0 Å². The van der Waals surface area contributed by atoms with Crippen LogP contribution in [0.3, 0.4) is 0 Å². The Bertz CT molecular complexity index is 746. The average molecular weight is 421 g/mol. The van der Waals surface area contributed by atoms with Crippen molar-refractivity contribution in [1.29, 1.82) is 0 Å². The quantitative estimate of drug-likeness (QED) is 0.667. The highest BCUT2D eigenvalue weighted by Gasteiger charge is 2.09. The molecule has 0 saturated carbocycles. The predicted octanol–water partition coefficient (Wildman–Crippen LogP) is 4.54. The minimum Gasteiger partial charge on any atom is -0.351 e. The van der Waals surface area contributed by atoms with Gasteiger partial charge in [0.25, 0.3) is 0 Å². The first kappa shape index (κ1) is 20.0. The number of carbonyl (C=O) groups excluding carboxylic acids is 1. The molecule has 2 aromatic rings. The van der Waals surface area contributed by atoms with Crippen molar-refractivity contribution < 1.29 is 4.79 Å². The topological polar surface area (TPSA) is 32.3 Å². The highest BCUT2D eigenvalue weighted by Crippen LogP contribution is 2.28. The molecule has 5 heteroatoms. The van der Waals surface area contributed by atoms with Crippen LogP contribution in [0, 0.1) is 13.8 Å². The fraction of sp³-hybridized carbons (Fsp3) is 0.350. The average Bonchev–Trinajstić information content (AvgIpc) is 2.55. The molecule has 0 aliphatic carbocycles. The Morgan fingerprint density at radius 1 is 1.12 bits per heavy atom. The maximum Gasteiger partial charge on any atom is 0.230 e. The zero-order chi connectivity index (χ0) is 18.4. The maximum absolute atomic E-state index is 12.2. The Morgan fingerprint density at radius 2 is 1.80 bits per heavy atom. The number of aryl methyl sites for hydroxylation is 2. The van der Waals surface area contributed by atoms with Gasteiger partial charge in [-0.3, -0.25) is 4.79 Å². The normalized spacial score (nSPS) is 11.0. The zero-order valence-electron chi connectivity index (χ0n) is 15.2. The van der Waals surface area contributed by atoms with Gasteiger partial charge < -0.3 is 10.2 Å². The molecule has 0 bridgehead atoms. The molecule has 0 aliphatic rings. The van der Waals surface area contributed by atoms with Crippen molar-refractivity contribution in [3.63, 3.8) is 0 Å². The van der Waals surface area contributed by atoms with Crippen molar-refractivity contribution in [3.8, 4) is 0 Å². The van der Waals surface area contributed by atoms with Gasteiger partial charge in [-0.05, 0) is 62.3 Å². The number of hydrogen-bond donors (Lipinski definition) is 1. The molecule has 25 heavy (non-hydrogen) atoms. The van der Waals surface area contributed by atoms with Crippen molar-refractivity contribution in [1.82, 2.24) is 10.2 Å². The Balaban J connectivity index is 1.91. The van der Waals surface area contributed by atoms with Gasteiger partial charge in [-0.1, -0.05) is 40.2 Å². The molecule has 0 radical (unpaired) electrons. The summed E-state index contributed by atoms with van der Waals surface area (Å²) in [6.07, 6.45) is 0. The fourth-order valence-corrected chi connectivity index (χ4v) is 3.92. The summed E-state index contributed by atoms with van der Waals surface area (Å²) in [6, 6.07) is 12.5. The van der Waals surface area contributed by atoms with E-state index in [1.807, 2.05) is 12.1 Å². The Labute approximate surface area is 163 Å². The zero-order valence-corrected chi connectivity index (χ0v) is 17.6. The molecule has 0 aliphatic heterocycles. The summed E-state index contributed by atoms with van der Waals surface area (Å²) in [5.74, 6) is 0.488. The van der Waals surface area contributed by atoms with E-state index in [2.05, 4.69) is 78.4 Å². The maximum atomic E-state index is 12.2. The number of thioether (sulfide) groups is 1. The van der Waals surface area contributed by atoms with Crippen LogP contribution in [0.15, 0.2) is 45.8 Å². The molecule has 2 aromatic carbocycles. The largest absolute Gasteiger partial charge is 0.351 e. The van der Waals surface area contributed by atoms with Crippen LogP contribution in [0.2, 0.25) is 0 Å². The standard InChI is InChI=1S/C20H25BrN2OS/c1-14-10-19(15(2)9-18(14)21)25-13-20(24)22-11-16-7-5-6-8-17(16)12-23(3)4/h5-10H,11-13H2,1-4H3,(H,22,24). The van der Waals surface area contributed by atoms with Gasteiger partial charge in [0, 0.05) is 22.5 Å². The third-order valence-electron chi connectivity index (χ3n) is 3.90.